The average Bonchev–Trinajstić information content (AvgIpc) is 3.05. The Labute approximate surface area is 151 Å². The van der Waals surface area contributed by atoms with Crippen LogP contribution in [0.4, 0.5) is 0 Å². The number of rotatable bonds is 5. The number of carboxylic acid groups (broad SMARTS) is 1. The topological polar surface area (TPSA) is 85.6 Å². The Morgan fingerprint density at radius 1 is 1.32 bits per heavy atom. The number of aliphatic carboxylic acids is 1. The van der Waals surface area contributed by atoms with Crippen LogP contribution in [0.3, 0.4) is 0 Å². The molecule has 7 heteroatoms. The Morgan fingerprint density at radius 2 is 2.00 bits per heavy atom. The van der Waals surface area contributed by atoms with Crippen molar-refractivity contribution in [2.24, 2.45) is 0 Å². The van der Waals surface area contributed by atoms with Crippen molar-refractivity contribution in [1.82, 2.24) is 10.2 Å². The summed E-state index contributed by atoms with van der Waals surface area (Å²) in [5.41, 5.74) is 0.941. The van der Waals surface area contributed by atoms with Gasteiger partial charge >= 0.3 is 29.6 Å². The van der Waals surface area contributed by atoms with Crippen LogP contribution in [0.2, 0.25) is 0 Å². The van der Waals surface area contributed by atoms with Gasteiger partial charge in [0.05, 0.1) is 24.3 Å². The molecule has 1 saturated heterocycles. The molecule has 2 atom stereocenters. The first-order valence-corrected chi connectivity index (χ1v) is 7.37. The molecule has 6 nitrogen and oxygen atoms in total. The molecule has 1 aromatic heterocycles. The van der Waals surface area contributed by atoms with Gasteiger partial charge in [-0.25, -0.2) is 0 Å². The van der Waals surface area contributed by atoms with Crippen LogP contribution < -0.4 is 40.0 Å². The summed E-state index contributed by atoms with van der Waals surface area (Å²) in [4.78, 5) is 25.4. The summed E-state index contributed by atoms with van der Waals surface area (Å²) in [7, 11) is 0. The van der Waals surface area contributed by atoms with E-state index in [1.165, 1.54) is 0 Å². The second kappa shape index (κ2) is 7.17. The van der Waals surface area contributed by atoms with Crippen molar-refractivity contribution < 1.29 is 48.7 Å². The van der Waals surface area contributed by atoms with E-state index in [0.717, 1.165) is 24.2 Å². The van der Waals surface area contributed by atoms with E-state index < -0.39 is 12.0 Å². The molecule has 2 fully saturated rings. The predicted octanol–water partition coefficient (Wildman–Crippen LogP) is -3.05. The number of nitrogens with zero attached hydrogens (tertiary/aromatic N) is 1. The molecule has 2 aliphatic rings. The van der Waals surface area contributed by atoms with Crippen LogP contribution in [-0.4, -0.2) is 34.9 Å². The molecule has 0 bridgehead atoms. The molecule has 1 amide bonds. The number of furan rings is 1. The van der Waals surface area contributed by atoms with Gasteiger partial charge in [-0.1, -0.05) is 0 Å². The molecule has 1 saturated carbocycles. The van der Waals surface area contributed by atoms with Crippen molar-refractivity contribution in [3.8, 4) is 0 Å². The molecular weight excluding hydrogens is 295 g/mol. The van der Waals surface area contributed by atoms with Gasteiger partial charge in [0.1, 0.15) is 5.76 Å². The number of aryl methyl sites for hydroxylation is 1. The van der Waals surface area contributed by atoms with Crippen LogP contribution in [0.1, 0.15) is 37.0 Å². The standard InChI is InChI=1S/C15H20N2O4.Na/c1-9-10(6-7-21-9)8-16-14(18)12-4-5-13(15(19)20)17(12)11-2-3-11;/h6-7,11-13H,2-5,8H2,1H3,(H,16,18)(H,19,20);/q;+1/p-1. The van der Waals surface area contributed by atoms with Gasteiger partial charge < -0.3 is 19.6 Å². The average molecular weight is 314 g/mol. The number of hydrogen-bond donors (Lipinski definition) is 1. The van der Waals surface area contributed by atoms with Crippen LogP contribution in [-0.2, 0) is 16.1 Å². The fraction of sp³-hybridized carbons (Fsp3) is 0.600. The Morgan fingerprint density at radius 3 is 2.55 bits per heavy atom. The van der Waals surface area contributed by atoms with Crippen LogP contribution >= 0.6 is 0 Å². The van der Waals surface area contributed by atoms with E-state index in [-0.39, 0.29) is 47.5 Å². The van der Waals surface area contributed by atoms with E-state index in [4.69, 9.17) is 4.42 Å². The third kappa shape index (κ3) is 3.56. The minimum Gasteiger partial charge on any atom is -0.548 e. The normalized spacial score (nSPS) is 24.8. The van der Waals surface area contributed by atoms with Crippen LogP contribution in [0.5, 0.6) is 0 Å². The zero-order valence-electron chi connectivity index (χ0n) is 13.0. The molecule has 1 N–H and O–H groups in total. The zero-order chi connectivity index (χ0) is 15.0. The summed E-state index contributed by atoms with van der Waals surface area (Å²) in [5, 5.41) is 14.1. The molecule has 1 aliphatic heterocycles. The van der Waals surface area contributed by atoms with Gasteiger partial charge in [-0.15, -0.1) is 0 Å². The van der Waals surface area contributed by atoms with Crippen molar-refractivity contribution in [3.63, 3.8) is 0 Å². The second-order valence-electron chi connectivity index (χ2n) is 5.83. The summed E-state index contributed by atoms with van der Waals surface area (Å²) < 4.78 is 5.19. The molecule has 114 valence electrons. The Balaban J connectivity index is 0.00000176. The van der Waals surface area contributed by atoms with Crippen molar-refractivity contribution in [1.29, 1.82) is 0 Å². The van der Waals surface area contributed by atoms with Gasteiger partial charge in [0, 0.05) is 18.2 Å². The largest absolute Gasteiger partial charge is 1.00 e. The summed E-state index contributed by atoms with van der Waals surface area (Å²) in [6.07, 6.45) is 4.59. The molecule has 1 aromatic rings. The monoisotopic (exact) mass is 314 g/mol. The maximum atomic E-state index is 12.4. The molecular formula is C15H19N2NaO4. The summed E-state index contributed by atoms with van der Waals surface area (Å²) in [6.45, 7) is 2.26. The molecule has 2 unspecified atom stereocenters. The summed E-state index contributed by atoms with van der Waals surface area (Å²) in [6, 6.07) is 1.07. The second-order valence-corrected chi connectivity index (χ2v) is 5.83. The SMILES string of the molecule is Cc1occc1CNC(=O)C1CCC(C(=O)[O-])N1C1CC1.[Na+]. The van der Waals surface area contributed by atoms with E-state index in [9.17, 15) is 14.7 Å². The predicted molar refractivity (Wildman–Crippen MR) is 72.0 cm³/mol. The number of hydrogen-bond acceptors (Lipinski definition) is 5. The number of nitrogens with one attached hydrogen (secondary N) is 1. The molecule has 0 radical (unpaired) electrons. The fourth-order valence-corrected chi connectivity index (χ4v) is 3.11. The maximum absolute atomic E-state index is 12.4. The van der Waals surface area contributed by atoms with Crippen molar-refractivity contribution in [3.05, 3.63) is 23.7 Å². The van der Waals surface area contributed by atoms with Crippen molar-refractivity contribution in [2.45, 2.75) is 57.3 Å². The first-order chi connectivity index (χ1) is 10.1. The number of carbonyl (C=O) groups is 2. The molecule has 0 aromatic carbocycles. The van der Waals surface area contributed by atoms with Crippen molar-refractivity contribution in [2.75, 3.05) is 0 Å². The first kappa shape index (κ1) is 17.5. The molecule has 0 spiro atoms. The number of likely N-dealkylation sites (tertiary alicyclic amines) is 1. The van der Waals surface area contributed by atoms with Gasteiger partial charge in [-0.05, 0) is 38.7 Å². The molecule has 2 heterocycles. The molecule has 22 heavy (non-hydrogen) atoms. The molecule has 1 aliphatic carbocycles. The van der Waals surface area contributed by atoms with E-state index in [2.05, 4.69) is 5.32 Å². The van der Waals surface area contributed by atoms with Gasteiger partial charge in [0.25, 0.3) is 0 Å². The number of amides is 1. The van der Waals surface area contributed by atoms with E-state index in [0.29, 0.717) is 19.4 Å². The third-order valence-electron chi connectivity index (χ3n) is 4.40. The van der Waals surface area contributed by atoms with Gasteiger partial charge in [0.2, 0.25) is 5.91 Å². The molecule has 3 rings (SSSR count). The van der Waals surface area contributed by atoms with Gasteiger partial charge in [0.15, 0.2) is 0 Å². The van der Waals surface area contributed by atoms with Crippen molar-refractivity contribution >= 4 is 11.9 Å². The summed E-state index contributed by atoms with van der Waals surface area (Å²) in [5.74, 6) is -0.387. The Bertz CT molecular complexity index is 555. The number of carbonyl (C=O) groups excluding carboxylic acids is 2. The first-order valence-electron chi connectivity index (χ1n) is 7.37. The van der Waals surface area contributed by atoms with E-state index in [1.54, 1.807) is 6.26 Å². The fourth-order valence-electron chi connectivity index (χ4n) is 3.11. The van der Waals surface area contributed by atoms with E-state index in [1.807, 2.05) is 17.9 Å². The van der Waals surface area contributed by atoms with Crippen LogP contribution in [0.15, 0.2) is 16.7 Å². The number of carboxylic acids is 1. The third-order valence-corrected chi connectivity index (χ3v) is 4.40. The Kier molecular flexibility index (Phi) is 5.71. The zero-order valence-corrected chi connectivity index (χ0v) is 15.0. The quantitative estimate of drug-likeness (QED) is 0.584. The van der Waals surface area contributed by atoms with Gasteiger partial charge in [-0.2, -0.15) is 0 Å². The van der Waals surface area contributed by atoms with Gasteiger partial charge in [-0.3, -0.25) is 9.69 Å². The Hall–Kier alpha value is -0.820. The maximum Gasteiger partial charge on any atom is 1.00 e. The smallest absolute Gasteiger partial charge is 0.548 e. The van der Waals surface area contributed by atoms with Crippen LogP contribution in [0, 0.1) is 6.92 Å². The minimum absolute atomic E-state index is 0. The summed E-state index contributed by atoms with van der Waals surface area (Å²) >= 11 is 0. The van der Waals surface area contributed by atoms with Crippen LogP contribution in [0.25, 0.3) is 0 Å². The van der Waals surface area contributed by atoms with E-state index >= 15 is 0 Å². The minimum atomic E-state index is -1.07.